The highest BCUT2D eigenvalue weighted by Crippen LogP contribution is 2.17. The smallest absolute Gasteiger partial charge is 0.224 e. The van der Waals surface area contributed by atoms with E-state index in [2.05, 4.69) is 28.4 Å². The molecule has 1 fully saturated rings. The van der Waals surface area contributed by atoms with Gasteiger partial charge in [-0.05, 0) is 25.8 Å². The molecule has 6 heteroatoms. The molecule has 0 bridgehead atoms. The van der Waals surface area contributed by atoms with Crippen LogP contribution in [0.1, 0.15) is 24.0 Å². The molecule has 0 aliphatic carbocycles. The van der Waals surface area contributed by atoms with Crippen molar-refractivity contribution in [1.82, 2.24) is 15.2 Å². The number of thioether (sulfide) groups is 1. The molecule has 1 N–H and O–H groups in total. The van der Waals surface area contributed by atoms with E-state index in [-0.39, 0.29) is 11.8 Å². The third kappa shape index (κ3) is 4.19. The average Bonchev–Trinajstić information content (AvgIpc) is 3.05. The predicted octanol–water partition coefficient (Wildman–Crippen LogP) is 1.96. The first kappa shape index (κ1) is 14.8. The molecule has 1 aliphatic heterocycles. The van der Waals surface area contributed by atoms with Gasteiger partial charge in [-0.3, -0.25) is 4.79 Å². The summed E-state index contributed by atoms with van der Waals surface area (Å²) in [5, 5.41) is 6.19. The lowest BCUT2D eigenvalue weighted by molar-refractivity contribution is -0.124. The number of hydrogen-bond acceptors (Lipinski definition) is 5. The van der Waals surface area contributed by atoms with Gasteiger partial charge >= 0.3 is 0 Å². The molecule has 1 amide bonds. The highest BCUT2D eigenvalue weighted by molar-refractivity contribution is 7.97. The summed E-state index contributed by atoms with van der Waals surface area (Å²) < 4.78 is 0. The molecule has 2 heterocycles. The van der Waals surface area contributed by atoms with Crippen LogP contribution in [0, 0.1) is 5.92 Å². The molecule has 1 aliphatic rings. The van der Waals surface area contributed by atoms with Gasteiger partial charge in [-0.2, -0.15) is 11.8 Å². The van der Waals surface area contributed by atoms with Crippen LogP contribution in [0.5, 0.6) is 0 Å². The second-order valence-corrected chi connectivity index (χ2v) is 6.57. The standard InChI is InChI=1S/C13H21N3OS2/c1-3-16-5-4-10(7-16)13(17)14-6-11-8-19-12(15-11)9-18-2/h8,10H,3-7,9H2,1-2H3,(H,14,17)/t10-/m0/s1. The van der Waals surface area contributed by atoms with Crippen molar-refractivity contribution in [3.05, 3.63) is 16.1 Å². The van der Waals surface area contributed by atoms with E-state index in [0.29, 0.717) is 6.54 Å². The van der Waals surface area contributed by atoms with Gasteiger partial charge in [0.25, 0.3) is 0 Å². The molecule has 106 valence electrons. The minimum atomic E-state index is 0.157. The minimum absolute atomic E-state index is 0.157. The topological polar surface area (TPSA) is 45.2 Å². The molecule has 0 aromatic carbocycles. The Morgan fingerprint density at radius 2 is 2.53 bits per heavy atom. The normalized spacial score (nSPS) is 19.8. The molecule has 4 nitrogen and oxygen atoms in total. The van der Waals surface area contributed by atoms with E-state index in [1.54, 1.807) is 23.1 Å². The van der Waals surface area contributed by atoms with Gasteiger partial charge in [0.1, 0.15) is 5.01 Å². The summed E-state index contributed by atoms with van der Waals surface area (Å²) in [6.45, 7) is 5.68. The van der Waals surface area contributed by atoms with Gasteiger partial charge in [0.2, 0.25) is 5.91 Å². The fourth-order valence-electron chi connectivity index (χ4n) is 2.28. The van der Waals surface area contributed by atoms with E-state index in [9.17, 15) is 4.79 Å². The lowest BCUT2D eigenvalue weighted by Gasteiger charge is -2.12. The maximum atomic E-state index is 12.0. The van der Waals surface area contributed by atoms with Crippen LogP contribution in [-0.4, -0.2) is 41.7 Å². The van der Waals surface area contributed by atoms with E-state index in [0.717, 1.165) is 42.5 Å². The van der Waals surface area contributed by atoms with E-state index in [1.165, 1.54) is 0 Å². The Kier molecular flexibility index (Phi) is 5.66. The number of hydrogen-bond donors (Lipinski definition) is 1. The lowest BCUT2D eigenvalue weighted by Crippen LogP contribution is -2.32. The van der Waals surface area contributed by atoms with E-state index in [4.69, 9.17) is 0 Å². The van der Waals surface area contributed by atoms with Crippen molar-refractivity contribution in [2.45, 2.75) is 25.6 Å². The fourth-order valence-corrected chi connectivity index (χ4v) is 3.79. The molecule has 1 saturated heterocycles. The Bertz CT molecular complexity index is 422. The zero-order chi connectivity index (χ0) is 13.7. The summed E-state index contributed by atoms with van der Waals surface area (Å²) in [4.78, 5) is 18.9. The second kappa shape index (κ2) is 7.26. The molecule has 19 heavy (non-hydrogen) atoms. The number of carbonyl (C=O) groups excluding carboxylic acids is 1. The molecule has 1 aromatic rings. The van der Waals surface area contributed by atoms with Crippen LogP contribution in [-0.2, 0) is 17.1 Å². The number of rotatable bonds is 6. The van der Waals surface area contributed by atoms with Crippen molar-refractivity contribution in [2.75, 3.05) is 25.9 Å². The van der Waals surface area contributed by atoms with Crippen LogP contribution in [0.4, 0.5) is 0 Å². The molecule has 2 rings (SSSR count). The monoisotopic (exact) mass is 299 g/mol. The molecular weight excluding hydrogens is 278 g/mol. The van der Waals surface area contributed by atoms with Crippen LogP contribution in [0.3, 0.4) is 0 Å². The Morgan fingerprint density at radius 3 is 3.21 bits per heavy atom. The van der Waals surface area contributed by atoms with E-state index < -0.39 is 0 Å². The van der Waals surface area contributed by atoms with Gasteiger partial charge in [-0.1, -0.05) is 6.92 Å². The maximum Gasteiger partial charge on any atom is 0.224 e. The molecule has 1 atom stereocenters. The van der Waals surface area contributed by atoms with Gasteiger partial charge in [0.05, 0.1) is 18.2 Å². The molecule has 0 unspecified atom stereocenters. The summed E-state index contributed by atoms with van der Waals surface area (Å²) in [5.74, 6) is 1.28. The van der Waals surface area contributed by atoms with Crippen LogP contribution < -0.4 is 5.32 Å². The third-order valence-corrected chi connectivity index (χ3v) is 5.04. The van der Waals surface area contributed by atoms with Crippen LogP contribution >= 0.6 is 23.1 Å². The van der Waals surface area contributed by atoms with Crippen LogP contribution in [0.25, 0.3) is 0 Å². The predicted molar refractivity (Wildman–Crippen MR) is 81.4 cm³/mol. The average molecular weight is 299 g/mol. The molecule has 0 saturated carbocycles. The van der Waals surface area contributed by atoms with Gasteiger partial charge in [-0.25, -0.2) is 4.98 Å². The first-order valence-electron chi connectivity index (χ1n) is 6.65. The van der Waals surface area contributed by atoms with Crippen LogP contribution in [0.15, 0.2) is 5.38 Å². The number of carbonyl (C=O) groups is 1. The number of likely N-dealkylation sites (tertiary alicyclic amines) is 1. The number of nitrogens with one attached hydrogen (secondary N) is 1. The van der Waals surface area contributed by atoms with Gasteiger partial charge in [0, 0.05) is 17.7 Å². The maximum absolute atomic E-state index is 12.0. The first-order valence-corrected chi connectivity index (χ1v) is 8.92. The highest BCUT2D eigenvalue weighted by Gasteiger charge is 2.26. The Balaban J connectivity index is 1.76. The molecule has 0 spiro atoms. The first-order chi connectivity index (χ1) is 9.22. The van der Waals surface area contributed by atoms with Gasteiger partial charge in [0.15, 0.2) is 0 Å². The number of aromatic nitrogens is 1. The number of nitrogens with zero attached hydrogens (tertiary/aromatic N) is 2. The summed E-state index contributed by atoms with van der Waals surface area (Å²) >= 11 is 3.44. The van der Waals surface area contributed by atoms with Crippen molar-refractivity contribution in [2.24, 2.45) is 5.92 Å². The summed E-state index contributed by atoms with van der Waals surface area (Å²) in [5.41, 5.74) is 0.979. The number of thiazole rings is 1. The van der Waals surface area contributed by atoms with Crippen molar-refractivity contribution in [3.8, 4) is 0 Å². The molecular formula is C13H21N3OS2. The van der Waals surface area contributed by atoms with Gasteiger partial charge < -0.3 is 10.2 Å². The molecule has 0 radical (unpaired) electrons. The van der Waals surface area contributed by atoms with Crippen molar-refractivity contribution in [3.63, 3.8) is 0 Å². The van der Waals surface area contributed by atoms with Crippen molar-refractivity contribution in [1.29, 1.82) is 0 Å². The zero-order valence-corrected chi connectivity index (χ0v) is 13.1. The molecule has 1 aromatic heterocycles. The largest absolute Gasteiger partial charge is 0.350 e. The quantitative estimate of drug-likeness (QED) is 0.872. The highest BCUT2D eigenvalue weighted by atomic mass is 32.2. The Labute approximate surface area is 123 Å². The third-order valence-electron chi connectivity index (χ3n) is 3.40. The lowest BCUT2D eigenvalue weighted by atomic mass is 10.1. The Morgan fingerprint density at radius 1 is 1.68 bits per heavy atom. The van der Waals surface area contributed by atoms with E-state index in [1.807, 2.05) is 5.38 Å². The van der Waals surface area contributed by atoms with Crippen molar-refractivity contribution < 1.29 is 4.79 Å². The summed E-state index contributed by atoms with van der Waals surface area (Å²) in [6.07, 6.45) is 3.05. The van der Waals surface area contributed by atoms with Crippen LogP contribution in [0.2, 0.25) is 0 Å². The minimum Gasteiger partial charge on any atom is -0.350 e. The van der Waals surface area contributed by atoms with Crippen molar-refractivity contribution >= 4 is 29.0 Å². The van der Waals surface area contributed by atoms with E-state index >= 15 is 0 Å². The number of amides is 1. The van der Waals surface area contributed by atoms with Gasteiger partial charge in [-0.15, -0.1) is 11.3 Å². The SMILES string of the molecule is CCN1CC[C@H](C(=O)NCc2csc(CSC)n2)C1. The summed E-state index contributed by atoms with van der Waals surface area (Å²) in [6, 6.07) is 0. The zero-order valence-electron chi connectivity index (χ0n) is 11.5. The Hall–Kier alpha value is -0.590. The fraction of sp³-hybridized carbons (Fsp3) is 0.692. The summed E-state index contributed by atoms with van der Waals surface area (Å²) in [7, 11) is 0. The second-order valence-electron chi connectivity index (χ2n) is 4.76.